The predicted octanol–water partition coefficient (Wildman–Crippen LogP) is 1.39. The van der Waals surface area contributed by atoms with Gasteiger partial charge in [0.1, 0.15) is 0 Å². The quantitative estimate of drug-likeness (QED) is 0.299. The first kappa shape index (κ1) is 26.6. The maximum Gasteiger partial charge on any atom is 0.320 e. The monoisotopic (exact) mass is 442 g/mol. The normalized spacial score (nSPS) is 12.8. The van der Waals surface area contributed by atoms with Gasteiger partial charge >= 0.3 is 27.9 Å². The first-order valence-electron chi connectivity index (χ1n) is 9.65. The minimum absolute atomic E-state index is 0.474. The Morgan fingerprint density at radius 1 is 0.538 bits per heavy atom. The van der Waals surface area contributed by atoms with E-state index in [2.05, 4.69) is 0 Å². The molecule has 0 amide bonds. The highest BCUT2D eigenvalue weighted by Gasteiger charge is 2.26. The van der Waals surface area contributed by atoms with E-state index in [-0.39, 0.29) is 0 Å². The standard InChI is InChI=1S/C16H42O6Si4/c1-17-24(18-2)13-7-10-16(23,11-8-14-25(19-3)20-4)12-9-15-26(21-5)22-6/h24-26H,7-15H2,1-6,23H3. The molecule has 0 N–H and O–H groups in total. The molecule has 0 aromatic heterocycles. The van der Waals surface area contributed by atoms with E-state index < -0.39 is 27.9 Å². The van der Waals surface area contributed by atoms with Crippen molar-refractivity contribution in [2.75, 3.05) is 42.7 Å². The van der Waals surface area contributed by atoms with Crippen LogP contribution in [0, 0.1) is 0 Å². The van der Waals surface area contributed by atoms with Crippen molar-refractivity contribution < 1.29 is 26.6 Å². The zero-order valence-corrected chi connectivity index (χ0v) is 23.5. The van der Waals surface area contributed by atoms with E-state index in [1.807, 2.05) is 0 Å². The number of hydrogen-bond donors (Lipinski definition) is 0. The summed E-state index contributed by atoms with van der Waals surface area (Å²) >= 11 is 0. The molecule has 0 atom stereocenters. The van der Waals surface area contributed by atoms with Crippen LogP contribution in [0.4, 0.5) is 0 Å². The van der Waals surface area contributed by atoms with Crippen LogP contribution >= 0.6 is 0 Å². The molecule has 0 saturated carbocycles. The Morgan fingerprint density at radius 2 is 0.769 bits per heavy atom. The molecule has 0 saturated heterocycles. The van der Waals surface area contributed by atoms with Crippen LogP contribution in [0.2, 0.25) is 23.2 Å². The van der Waals surface area contributed by atoms with Gasteiger partial charge < -0.3 is 26.6 Å². The summed E-state index contributed by atoms with van der Waals surface area (Å²) in [7, 11) is 7.53. The molecule has 0 bridgehead atoms. The fraction of sp³-hybridized carbons (Fsp3) is 1.00. The molecule has 0 rings (SSSR count). The van der Waals surface area contributed by atoms with Crippen molar-refractivity contribution >= 4 is 38.1 Å². The van der Waals surface area contributed by atoms with Gasteiger partial charge in [0.15, 0.2) is 0 Å². The second-order valence-corrected chi connectivity index (χ2v) is 16.4. The molecule has 0 aromatic rings. The fourth-order valence-corrected chi connectivity index (χ4v) is 8.12. The maximum absolute atomic E-state index is 5.47. The number of rotatable bonds is 18. The first-order valence-corrected chi connectivity index (χ1v) is 15.9. The molecule has 0 radical (unpaired) electrons. The van der Waals surface area contributed by atoms with Crippen molar-refractivity contribution in [3.63, 3.8) is 0 Å². The van der Waals surface area contributed by atoms with Gasteiger partial charge in [0.2, 0.25) is 0 Å². The minimum Gasteiger partial charge on any atom is -0.400 e. The van der Waals surface area contributed by atoms with Crippen LogP contribution in [0.5, 0.6) is 0 Å². The van der Waals surface area contributed by atoms with Crippen LogP contribution in [0.15, 0.2) is 0 Å². The summed E-state index contributed by atoms with van der Waals surface area (Å²) in [4.78, 5) is 0. The van der Waals surface area contributed by atoms with Crippen molar-refractivity contribution in [1.82, 2.24) is 0 Å². The highest BCUT2D eigenvalue weighted by Crippen LogP contribution is 2.41. The number of hydrogen-bond acceptors (Lipinski definition) is 6. The largest absolute Gasteiger partial charge is 0.400 e. The van der Waals surface area contributed by atoms with Crippen LogP contribution in [-0.4, -0.2) is 80.8 Å². The molecule has 0 spiro atoms. The smallest absolute Gasteiger partial charge is 0.320 e. The highest BCUT2D eigenvalue weighted by atomic mass is 28.3. The van der Waals surface area contributed by atoms with E-state index in [1.165, 1.54) is 48.8 Å². The average Bonchev–Trinajstić information content (AvgIpc) is 2.66. The van der Waals surface area contributed by atoms with Gasteiger partial charge in [0, 0.05) is 52.9 Å². The molecule has 0 aliphatic heterocycles. The first-order chi connectivity index (χ1) is 12.5. The second kappa shape index (κ2) is 16.6. The van der Waals surface area contributed by atoms with Crippen LogP contribution in [0.3, 0.4) is 0 Å². The predicted molar refractivity (Wildman–Crippen MR) is 118 cm³/mol. The van der Waals surface area contributed by atoms with Crippen LogP contribution in [0.1, 0.15) is 38.5 Å². The molecule has 10 heteroatoms. The Hall–Kier alpha value is 0.628. The fourth-order valence-electron chi connectivity index (χ4n) is 3.46. The lowest BCUT2D eigenvalue weighted by Gasteiger charge is -2.31. The van der Waals surface area contributed by atoms with Gasteiger partial charge in [-0.15, -0.1) is 0 Å². The van der Waals surface area contributed by atoms with Gasteiger partial charge in [-0.05, 0) is 23.2 Å². The molecule has 0 unspecified atom stereocenters. The van der Waals surface area contributed by atoms with Crippen molar-refractivity contribution in [2.45, 2.75) is 61.7 Å². The molecular weight excluding hydrogens is 401 g/mol. The molecule has 0 aliphatic rings. The summed E-state index contributed by atoms with van der Waals surface area (Å²) in [5.74, 6) is 0. The van der Waals surface area contributed by atoms with E-state index >= 15 is 0 Å². The van der Waals surface area contributed by atoms with Gasteiger partial charge in [0.25, 0.3) is 0 Å². The molecule has 0 fully saturated rings. The topological polar surface area (TPSA) is 55.4 Å². The third-order valence-electron chi connectivity index (χ3n) is 5.24. The van der Waals surface area contributed by atoms with E-state index in [1.54, 1.807) is 42.7 Å². The van der Waals surface area contributed by atoms with Crippen molar-refractivity contribution in [3.05, 3.63) is 0 Å². The highest BCUT2D eigenvalue weighted by molar-refractivity contribution is 6.44. The van der Waals surface area contributed by atoms with E-state index in [0.29, 0.717) is 5.04 Å². The van der Waals surface area contributed by atoms with Crippen molar-refractivity contribution in [2.24, 2.45) is 0 Å². The molecule has 0 aromatic carbocycles. The lowest BCUT2D eigenvalue weighted by molar-refractivity contribution is 0.270. The Labute approximate surface area is 169 Å². The third kappa shape index (κ3) is 12.2. The Bertz CT molecular complexity index is 270. The minimum atomic E-state index is -1.44. The Kier molecular flexibility index (Phi) is 17.0. The van der Waals surface area contributed by atoms with Gasteiger partial charge in [-0.2, -0.15) is 0 Å². The molecule has 0 heterocycles. The zero-order valence-electron chi connectivity index (χ0n) is 18.0. The average molecular weight is 443 g/mol. The SMILES string of the molecule is CO[SiH](CCCC([SiH3])(CCC[SiH](OC)OC)CCC[SiH](OC)OC)OC. The summed E-state index contributed by atoms with van der Waals surface area (Å²) in [6.45, 7) is 0. The summed E-state index contributed by atoms with van der Waals surface area (Å²) in [6.07, 6.45) is 7.42. The van der Waals surface area contributed by atoms with E-state index in [0.717, 1.165) is 18.1 Å². The molecular formula is C16H42O6Si4. The van der Waals surface area contributed by atoms with Gasteiger partial charge in [0.05, 0.1) is 0 Å². The Morgan fingerprint density at radius 3 is 0.962 bits per heavy atom. The lowest BCUT2D eigenvalue weighted by Crippen LogP contribution is -2.23. The van der Waals surface area contributed by atoms with E-state index in [4.69, 9.17) is 26.6 Å². The van der Waals surface area contributed by atoms with Crippen LogP contribution < -0.4 is 0 Å². The summed E-state index contributed by atoms with van der Waals surface area (Å²) in [5.41, 5.74) is 0. The second-order valence-electron chi connectivity index (χ2n) is 7.19. The molecule has 6 nitrogen and oxygen atoms in total. The van der Waals surface area contributed by atoms with Crippen LogP contribution in [0.25, 0.3) is 0 Å². The molecule has 26 heavy (non-hydrogen) atoms. The third-order valence-corrected chi connectivity index (χ3v) is 12.5. The van der Waals surface area contributed by atoms with Crippen LogP contribution in [-0.2, 0) is 26.6 Å². The van der Waals surface area contributed by atoms with E-state index in [9.17, 15) is 0 Å². The van der Waals surface area contributed by atoms with Crippen molar-refractivity contribution in [3.8, 4) is 0 Å². The lowest BCUT2D eigenvalue weighted by atomic mass is 9.92. The molecule has 0 aliphatic carbocycles. The summed E-state index contributed by atoms with van der Waals surface area (Å²) < 4.78 is 32.8. The summed E-state index contributed by atoms with van der Waals surface area (Å²) in [5, 5.41) is 0.474. The maximum atomic E-state index is 5.47. The zero-order chi connectivity index (χ0) is 19.8. The molecule has 158 valence electrons. The van der Waals surface area contributed by atoms with Gasteiger partial charge in [-0.3, -0.25) is 0 Å². The van der Waals surface area contributed by atoms with Crippen molar-refractivity contribution in [1.29, 1.82) is 0 Å². The summed E-state index contributed by atoms with van der Waals surface area (Å²) in [6, 6.07) is 3.29. The Balaban J connectivity index is 4.52. The van der Waals surface area contributed by atoms with Gasteiger partial charge in [-0.1, -0.05) is 38.5 Å². The van der Waals surface area contributed by atoms with Gasteiger partial charge in [-0.25, -0.2) is 0 Å².